The molecule has 0 unspecified atom stereocenters. The van der Waals surface area contributed by atoms with Crippen LogP contribution < -0.4 is 4.74 Å². The number of H-pyrrole nitrogens is 1. The van der Waals surface area contributed by atoms with E-state index < -0.39 is 11.8 Å². The molecule has 1 fully saturated rings. The zero-order valence-electron chi connectivity index (χ0n) is 19.1. The SMILES string of the molecule is COc1cc(-n2c(C(C)C)c([C@H]3CC[C@@H](C(=O)O)CC3)c3cc4[nH]ncc4cc32)ccc1F. The van der Waals surface area contributed by atoms with Crippen LogP contribution in [0.3, 0.4) is 0 Å². The molecule has 5 rings (SSSR count). The molecule has 2 heterocycles. The zero-order chi connectivity index (χ0) is 23.3. The van der Waals surface area contributed by atoms with Crippen LogP contribution in [0.15, 0.2) is 36.5 Å². The number of methoxy groups -OCH3 is 1. The monoisotopic (exact) mass is 449 g/mol. The van der Waals surface area contributed by atoms with E-state index in [1.54, 1.807) is 12.1 Å². The molecule has 0 bridgehead atoms. The Hall–Kier alpha value is -3.35. The molecule has 4 aromatic rings. The van der Waals surface area contributed by atoms with Crippen LogP contribution in [0.2, 0.25) is 0 Å². The van der Waals surface area contributed by atoms with Crippen LogP contribution in [0.25, 0.3) is 27.5 Å². The van der Waals surface area contributed by atoms with Crippen molar-refractivity contribution in [3.8, 4) is 11.4 Å². The molecule has 0 saturated heterocycles. The van der Waals surface area contributed by atoms with Crippen molar-refractivity contribution in [2.24, 2.45) is 5.92 Å². The molecule has 0 spiro atoms. The van der Waals surface area contributed by atoms with Crippen LogP contribution in [0, 0.1) is 11.7 Å². The Bertz CT molecular complexity index is 1350. The summed E-state index contributed by atoms with van der Waals surface area (Å²) in [6, 6.07) is 9.25. The largest absolute Gasteiger partial charge is 0.494 e. The maximum absolute atomic E-state index is 14.2. The highest BCUT2D eigenvalue weighted by molar-refractivity contribution is 5.99. The van der Waals surface area contributed by atoms with Gasteiger partial charge in [0.05, 0.1) is 30.3 Å². The van der Waals surface area contributed by atoms with Gasteiger partial charge in [0, 0.05) is 28.2 Å². The summed E-state index contributed by atoms with van der Waals surface area (Å²) in [5, 5.41) is 18.9. The van der Waals surface area contributed by atoms with Gasteiger partial charge in [-0.2, -0.15) is 5.10 Å². The number of halogens is 1. The number of rotatable bonds is 5. The second-order valence-electron chi connectivity index (χ2n) is 9.32. The molecule has 2 aromatic heterocycles. The number of fused-ring (bicyclic) bond motifs is 2. The minimum absolute atomic E-state index is 0.206. The number of nitrogens with zero attached hydrogens (tertiary/aromatic N) is 2. The Kier molecular flexibility index (Phi) is 5.35. The second kappa shape index (κ2) is 8.21. The lowest BCUT2D eigenvalue weighted by Crippen LogP contribution is -2.21. The van der Waals surface area contributed by atoms with Crippen LogP contribution in [-0.2, 0) is 4.79 Å². The first-order chi connectivity index (χ1) is 15.9. The Morgan fingerprint density at radius 1 is 1.21 bits per heavy atom. The van der Waals surface area contributed by atoms with Gasteiger partial charge in [-0.3, -0.25) is 9.89 Å². The fourth-order valence-electron chi connectivity index (χ4n) is 5.46. The van der Waals surface area contributed by atoms with Crippen molar-refractivity contribution in [3.05, 3.63) is 53.6 Å². The van der Waals surface area contributed by atoms with E-state index in [2.05, 4.69) is 40.7 Å². The number of nitrogens with one attached hydrogen (secondary N) is 1. The predicted molar refractivity (Wildman–Crippen MR) is 126 cm³/mol. The maximum atomic E-state index is 14.2. The van der Waals surface area contributed by atoms with Crippen molar-refractivity contribution in [3.63, 3.8) is 0 Å². The first kappa shape index (κ1) is 21.5. The Labute approximate surface area is 191 Å². The molecule has 0 aliphatic heterocycles. The third kappa shape index (κ3) is 3.56. The first-order valence-corrected chi connectivity index (χ1v) is 11.5. The van der Waals surface area contributed by atoms with Crippen LogP contribution in [-0.4, -0.2) is 33.0 Å². The fraction of sp³-hybridized carbons (Fsp3) is 0.385. The van der Waals surface area contributed by atoms with Gasteiger partial charge in [0.25, 0.3) is 0 Å². The summed E-state index contributed by atoms with van der Waals surface area (Å²) in [4.78, 5) is 11.5. The summed E-state index contributed by atoms with van der Waals surface area (Å²) in [7, 11) is 1.47. The molecule has 1 aliphatic carbocycles. The molecule has 2 N–H and O–H groups in total. The Morgan fingerprint density at radius 3 is 2.64 bits per heavy atom. The third-order valence-electron chi connectivity index (χ3n) is 7.03. The smallest absolute Gasteiger partial charge is 0.306 e. The van der Waals surface area contributed by atoms with Gasteiger partial charge in [0.2, 0.25) is 0 Å². The highest BCUT2D eigenvalue weighted by Gasteiger charge is 2.32. The van der Waals surface area contributed by atoms with E-state index in [4.69, 9.17) is 4.74 Å². The minimum Gasteiger partial charge on any atom is -0.494 e. The van der Waals surface area contributed by atoms with Gasteiger partial charge in [-0.25, -0.2) is 4.39 Å². The lowest BCUT2D eigenvalue weighted by molar-refractivity contribution is -0.142. The Balaban J connectivity index is 1.77. The average Bonchev–Trinajstić information content (AvgIpc) is 3.39. The molecule has 33 heavy (non-hydrogen) atoms. The topological polar surface area (TPSA) is 80.1 Å². The van der Waals surface area contributed by atoms with E-state index in [9.17, 15) is 14.3 Å². The van der Waals surface area contributed by atoms with E-state index in [1.807, 2.05) is 6.20 Å². The van der Waals surface area contributed by atoms with Crippen molar-refractivity contribution in [1.82, 2.24) is 14.8 Å². The number of carboxylic acids is 1. The summed E-state index contributed by atoms with van der Waals surface area (Å²) in [6.45, 7) is 4.34. The van der Waals surface area contributed by atoms with E-state index in [-0.39, 0.29) is 23.5 Å². The van der Waals surface area contributed by atoms with Gasteiger partial charge in [-0.1, -0.05) is 13.8 Å². The van der Waals surface area contributed by atoms with Crippen molar-refractivity contribution in [2.45, 2.75) is 51.4 Å². The van der Waals surface area contributed by atoms with Crippen LogP contribution >= 0.6 is 0 Å². The summed E-state index contributed by atoms with van der Waals surface area (Å²) in [6.07, 6.45) is 4.85. The highest BCUT2D eigenvalue weighted by atomic mass is 19.1. The molecule has 0 atom stereocenters. The number of hydrogen-bond donors (Lipinski definition) is 2. The van der Waals surface area contributed by atoms with Gasteiger partial charge in [0.1, 0.15) is 0 Å². The maximum Gasteiger partial charge on any atom is 0.306 e. The van der Waals surface area contributed by atoms with E-state index in [1.165, 1.54) is 24.4 Å². The first-order valence-electron chi connectivity index (χ1n) is 11.5. The summed E-state index contributed by atoms with van der Waals surface area (Å²) < 4.78 is 21.7. The predicted octanol–water partition coefficient (Wildman–Crippen LogP) is 6.14. The molecule has 0 radical (unpaired) electrons. The molecular formula is C26H28FN3O3. The number of carbonyl (C=O) groups is 1. The quantitative estimate of drug-likeness (QED) is 0.384. The highest BCUT2D eigenvalue weighted by Crippen LogP contribution is 2.45. The minimum atomic E-state index is -0.697. The lowest BCUT2D eigenvalue weighted by Gasteiger charge is -2.28. The normalized spacial score (nSPS) is 18.9. The Morgan fingerprint density at radius 2 is 1.97 bits per heavy atom. The van der Waals surface area contributed by atoms with Crippen LogP contribution in [0.5, 0.6) is 5.75 Å². The number of benzene rings is 2. The van der Waals surface area contributed by atoms with E-state index in [0.29, 0.717) is 12.8 Å². The van der Waals surface area contributed by atoms with Crippen LogP contribution in [0.4, 0.5) is 4.39 Å². The van der Waals surface area contributed by atoms with Crippen molar-refractivity contribution < 1.29 is 19.0 Å². The van der Waals surface area contributed by atoms with E-state index >= 15 is 0 Å². The number of aromatic amines is 1. The molecule has 172 valence electrons. The molecule has 1 aliphatic rings. The number of ether oxygens (including phenoxy) is 1. The number of hydrogen-bond acceptors (Lipinski definition) is 3. The van der Waals surface area contributed by atoms with Gasteiger partial charge < -0.3 is 14.4 Å². The molecule has 1 saturated carbocycles. The van der Waals surface area contributed by atoms with Crippen LogP contribution in [0.1, 0.15) is 62.6 Å². The van der Waals surface area contributed by atoms with Gasteiger partial charge >= 0.3 is 5.97 Å². The van der Waals surface area contributed by atoms with Crippen molar-refractivity contribution in [2.75, 3.05) is 7.11 Å². The number of carboxylic acid groups (broad SMARTS) is 1. The molecule has 0 amide bonds. The van der Waals surface area contributed by atoms with E-state index in [0.717, 1.165) is 40.3 Å². The van der Waals surface area contributed by atoms with Crippen molar-refractivity contribution in [1.29, 1.82) is 0 Å². The van der Waals surface area contributed by atoms with Crippen molar-refractivity contribution >= 4 is 27.8 Å². The fourth-order valence-corrected chi connectivity index (χ4v) is 5.46. The molecule has 7 heteroatoms. The zero-order valence-corrected chi connectivity index (χ0v) is 19.1. The molecule has 2 aromatic carbocycles. The lowest BCUT2D eigenvalue weighted by atomic mass is 9.77. The third-order valence-corrected chi connectivity index (χ3v) is 7.03. The second-order valence-corrected chi connectivity index (χ2v) is 9.32. The molecular weight excluding hydrogens is 421 g/mol. The number of aromatic nitrogens is 3. The summed E-state index contributed by atoms with van der Waals surface area (Å²) in [5.41, 5.74) is 5.29. The van der Waals surface area contributed by atoms with Gasteiger partial charge in [-0.15, -0.1) is 0 Å². The summed E-state index contributed by atoms with van der Waals surface area (Å²) in [5.74, 6) is -0.679. The number of aliphatic carboxylic acids is 1. The molecule has 6 nitrogen and oxygen atoms in total. The van der Waals surface area contributed by atoms with Gasteiger partial charge in [0.15, 0.2) is 11.6 Å². The van der Waals surface area contributed by atoms with Gasteiger partial charge in [-0.05, 0) is 67.3 Å². The standard InChI is InChI=1S/C26H28FN3O3/c1-14(2)25-24(15-4-6-16(7-5-15)26(31)32)19-12-21-17(13-28-29-21)10-22(19)30(25)18-8-9-20(27)23(11-18)33-3/h8-16H,4-7H2,1-3H3,(H,28,29)(H,31,32)/t15-,16+. The average molecular weight is 450 g/mol. The summed E-state index contributed by atoms with van der Waals surface area (Å²) >= 11 is 0.